The molecule has 2 rings (SSSR count). The van der Waals surface area contributed by atoms with E-state index in [-0.39, 0.29) is 0 Å². The van der Waals surface area contributed by atoms with E-state index in [1.807, 2.05) is 24.3 Å². The van der Waals surface area contributed by atoms with E-state index in [1.165, 1.54) is 0 Å². The molecule has 0 bridgehead atoms. The number of fused-ring (bicyclic) bond motifs is 1. The Balaban J connectivity index is 2.96. The van der Waals surface area contributed by atoms with Crippen molar-refractivity contribution in [1.82, 2.24) is 0 Å². The van der Waals surface area contributed by atoms with E-state index < -0.39 is 0 Å². The van der Waals surface area contributed by atoms with Gasteiger partial charge in [-0.1, -0.05) is 12.1 Å². The predicted octanol–water partition coefficient (Wildman–Crippen LogP) is 0.224. The Hall–Kier alpha value is -1.09. The number of para-hydroxylation sites is 2. The van der Waals surface area contributed by atoms with Crippen LogP contribution in [0.4, 0.5) is 0 Å². The number of hydrogen-bond donors (Lipinski definition) is 0. The third-order valence-electron chi connectivity index (χ3n) is 1.31. The summed E-state index contributed by atoms with van der Waals surface area (Å²) in [6.45, 7) is 0. The van der Waals surface area contributed by atoms with Crippen LogP contribution < -0.4 is 10.7 Å². The highest BCUT2D eigenvalue weighted by molar-refractivity contribution is 7.80. The normalized spacial score (nSPS) is 13.8. The van der Waals surface area contributed by atoms with Gasteiger partial charge in [0.2, 0.25) is 5.11 Å². The minimum absolute atomic E-state index is 0.432. The Kier molecular flexibility index (Phi) is 1.11. The van der Waals surface area contributed by atoms with Gasteiger partial charge in [-0.2, -0.15) is 0 Å². The first-order chi connectivity index (χ1) is 4.86. The molecular formula is C7H4N2S. The summed E-state index contributed by atoms with van der Waals surface area (Å²) in [7, 11) is 0. The summed E-state index contributed by atoms with van der Waals surface area (Å²) in [5, 5.41) is 2.20. The molecule has 0 atom stereocenters. The highest BCUT2D eigenvalue weighted by Crippen LogP contribution is 1.84. The molecule has 0 radical (unpaired) electrons. The van der Waals surface area contributed by atoms with Gasteiger partial charge in [0.1, 0.15) is 0 Å². The zero-order valence-corrected chi connectivity index (χ0v) is 5.93. The molecule has 1 aromatic rings. The molecule has 10 heavy (non-hydrogen) atoms. The maximum Gasteiger partial charge on any atom is 0.220 e. The Morgan fingerprint density at radius 2 is 1.50 bits per heavy atom. The smallest absolute Gasteiger partial charge is 0.217 e. The van der Waals surface area contributed by atoms with Crippen molar-refractivity contribution in [2.75, 3.05) is 0 Å². The average molecular weight is 148 g/mol. The second kappa shape index (κ2) is 1.95. The summed E-state index contributed by atoms with van der Waals surface area (Å²) in [5.41, 5.74) is 0. The molecule has 1 aliphatic rings. The lowest BCUT2D eigenvalue weighted by Crippen LogP contribution is -2.19. The van der Waals surface area contributed by atoms with Gasteiger partial charge in [-0.05, 0) is 24.4 Å². The van der Waals surface area contributed by atoms with Crippen LogP contribution in [0.1, 0.15) is 0 Å². The Bertz CT molecular complexity index is 357. The van der Waals surface area contributed by atoms with Crippen LogP contribution in [0.25, 0.3) is 0 Å². The van der Waals surface area contributed by atoms with Crippen molar-refractivity contribution >= 4 is 17.3 Å². The van der Waals surface area contributed by atoms with Crippen molar-refractivity contribution < 1.29 is 0 Å². The maximum atomic E-state index is 4.79. The fourth-order valence-corrected chi connectivity index (χ4v) is 1.08. The number of benzene rings is 1. The lowest BCUT2D eigenvalue weighted by Gasteiger charge is -1.75. The predicted molar refractivity (Wildman–Crippen MR) is 41.4 cm³/mol. The molecule has 1 heterocycles. The van der Waals surface area contributed by atoms with Gasteiger partial charge in [0, 0.05) is 0 Å². The topological polar surface area (TPSA) is 24.7 Å². The van der Waals surface area contributed by atoms with Gasteiger partial charge in [-0.15, -0.1) is 0 Å². The quantitative estimate of drug-likeness (QED) is 0.483. The van der Waals surface area contributed by atoms with Gasteiger partial charge in [0.25, 0.3) is 0 Å². The third kappa shape index (κ3) is 0.752. The zero-order chi connectivity index (χ0) is 6.97. The van der Waals surface area contributed by atoms with E-state index in [9.17, 15) is 0 Å². The number of rotatable bonds is 0. The molecule has 1 aliphatic heterocycles. The van der Waals surface area contributed by atoms with Crippen molar-refractivity contribution in [3.63, 3.8) is 0 Å². The second-order valence-electron chi connectivity index (χ2n) is 1.99. The van der Waals surface area contributed by atoms with E-state index in [4.69, 9.17) is 12.2 Å². The lowest BCUT2D eigenvalue weighted by atomic mass is 10.3. The van der Waals surface area contributed by atoms with Gasteiger partial charge < -0.3 is 0 Å². The van der Waals surface area contributed by atoms with Crippen LogP contribution in [0.2, 0.25) is 0 Å². The zero-order valence-electron chi connectivity index (χ0n) is 5.11. The summed E-state index contributed by atoms with van der Waals surface area (Å²) >= 11 is 4.79. The van der Waals surface area contributed by atoms with Gasteiger partial charge >= 0.3 is 0 Å². The molecule has 0 amide bonds. The van der Waals surface area contributed by atoms with Crippen LogP contribution in [0.5, 0.6) is 0 Å². The largest absolute Gasteiger partial charge is 0.220 e. The molecule has 1 aromatic carbocycles. The highest BCUT2D eigenvalue weighted by Gasteiger charge is 1.97. The van der Waals surface area contributed by atoms with Crippen LogP contribution in [-0.4, -0.2) is 5.11 Å². The first kappa shape index (κ1) is 5.68. The number of hydrogen-bond acceptors (Lipinski definition) is 1. The molecule has 0 spiro atoms. The molecule has 2 nitrogen and oxygen atoms in total. The van der Waals surface area contributed by atoms with Crippen LogP contribution in [0.3, 0.4) is 0 Å². The summed E-state index contributed by atoms with van der Waals surface area (Å²) in [6, 6.07) is 7.65. The SMILES string of the molecule is S=C1N=c2ccccc2=N1. The molecule has 3 heteroatoms. The highest BCUT2D eigenvalue weighted by atomic mass is 32.1. The molecule has 0 unspecified atom stereocenters. The van der Waals surface area contributed by atoms with E-state index in [0.29, 0.717) is 5.11 Å². The Morgan fingerprint density at radius 1 is 1.00 bits per heavy atom. The minimum Gasteiger partial charge on any atom is -0.217 e. The van der Waals surface area contributed by atoms with Gasteiger partial charge in [-0.3, -0.25) is 0 Å². The standard InChI is InChI=1S/C7H4N2S/c10-7-8-5-3-1-2-4-6(5)9-7/h1-4H. The van der Waals surface area contributed by atoms with Gasteiger partial charge in [-0.25, -0.2) is 9.98 Å². The van der Waals surface area contributed by atoms with E-state index >= 15 is 0 Å². The van der Waals surface area contributed by atoms with Crippen molar-refractivity contribution in [3.8, 4) is 0 Å². The van der Waals surface area contributed by atoms with Gasteiger partial charge in [0.05, 0.1) is 10.7 Å². The second-order valence-corrected chi connectivity index (χ2v) is 2.36. The van der Waals surface area contributed by atoms with Crippen molar-refractivity contribution in [2.24, 2.45) is 9.98 Å². The summed E-state index contributed by atoms with van der Waals surface area (Å²) in [6.07, 6.45) is 0. The molecule has 48 valence electrons. The number of thiocarbonyl (C=S) groups is 1. The van der Waals surface area contributed by atoms with E-state index in [1.54, 1.807) is 0 Å². The fourth-order valence-electron chi connectivity index (χ4n) is 0.884. The van der Waals surface area contributed by atoms with Crippen LogP contribution >= 0.6 is 12.2 Å². The van der Waals surface area contributed by atoms with Gasteiger partial charge in [0.15, 0.2) is 0 Å². The Morgan fingerprint density at radius 3 is 2.00 bits per heavy atom. The van der Waals surface area contributed by atoms with E-state index in [2.05, 4.69) is 9.98 Å². The average Bonchev–Trinajstić information content (AvgIpc) is 2.27. The lowest BCUT2D eigenvalue weighted by molar-refractivity contribution is 1.37. The molecule has 0 saturated heterocycles. The maximum absolute atomic E-state index is 4.79. The van der Waals surface area contributed by atoms with Crippen LogP contribution in [0, 0.1) is 0 Å². The molecule has 0 N–H and O–H groups in total. The summed E-state index contributed by atoms with van der Waals surface area (Å²) in [5.74, 6) is 0. The molecule has 0 aromatic heterocycles. The molecule has 0 fully saturated rings. The van der Waals surface area contributed by atoms with Crippen molar-refractivity contribution in [1.29, 1.82) is 0 Å². The van der Waals surface area contributed by atoms with Crippen LogP contribution in [0.15, 0.2) is 34.3 Å². The van der Waals surface area contributed by atoms with E-state index in [0.717, 1.165) is 10.7 Å². The summed E-state index contributed by atoms with van der Waals surface area (Å²) in [4.78, 5) is 8.03. The fraction of sp³-hybridized carbons (Fsp3) is 0. The molecule has 0 saturated carbocycles. The summed E-state index contributed by atoms with van der Waals surface area (Å²) < 4.78 is 0. The molecule has 0 aliphatic carbocycles. The molecular weight excluding hydrogens is 144 g/mol. The Labute approximate surface area is 62.9 Å². The third-order valence-corrected chi connectivity index (χ3v) is 1.50. The van der Waals surface area contributed by atoms with Crippen LogP contribution in [-0.2, 0) is 0 Å². The van der Waals surface area contributed by atoms with Crippen molar-refractivity contribution in [3.05, 3.63) is 35.0 Å². The number of nitrogens with zero attached hydrogens (tertiary/aromatic N) is 2. The monoisotopic (exact) mass is 148 g/mol. The van der Waals surface area contributed by atoms with Crippen molar-refractivity contribution in [2.45, 2.75) is 0 Å². The first-order valence-electron chi connectivity index (χ1n) is 2.93. The minimum atomic E-state index is 0.432. The first-order valence-corrected chi connectivity index (χ1v) is 3.33.